The van der Waals surface area contributed by atoms with Crippen molar-refractivity contribution in [1.29, 1.82) is 0 Å². The largest absolute Gasteiger partial charge is 0.463 e. The highest BCUT2D eigenvalue weighted by Gasteiger charge is 2.66. The average molecular weight is 1720 g/mol. The molecule has 44 nitrogen and oxygen atoms in total. The Morgan fingerprint density at radius 3 is 0.739 bits per heavy atom. The first kappa shape index (κ1) is 97.2. The van der Waals surface area contributed by atoms with Crippen molar-refractivity contribution in [2.45, 2.75) is 200 Å². The third-order valence-electron chi connectivity index (χ3n) is 15.3. The molecule has 4 amide bonds. The fourth-order valence-electron chi connectivity index (χ4n) is 10.5. The number of rotatable bonds is 27. The van der Waals surface area contributed by atoms with Gasteiger partial charge in [-0.25, -0.2) is 38.4 Å². The van der Waals surface area contributed by atoms with Crippen molar-refractivity contribution in [3.05, 3.63) is 91.0 Å². The van der Waals surface area contributed by atoms with E-state index in [9.17, 15) is 112 Å². The standard InChI is InChI=1S/C18H23F2N3O8.C17H21F2N3O8.2C16H19F2N3O8/c1-4-5-8-28-17(27)22-13-6-7-23(16(26)21-13)15-18(19,20)14(30-11(3)25)12(31-15)9-29-10(2)24;1-4-7-27-16(26)21-12-5-6-22(15(25)20-12)14-17(18,19)13(29-10(3)24)11(30-14)8-28-9(2)23;2*1-4-26-15(25)20-11-5-6-21(14(24)19-11)13-16(17,18)12(28-9(3)23)10(29-13)7-27-8(2)22/h6-7,12,14-15H,4-5,8-9H2,1-3H3,(H,21,22,26,27);5-6,11,13-14H,4,7-8H2,1-3H3,(H,20,21,25,26);2*5-6,10,12-13H,4,7H2,1-3H3,(H,19,20,24,25). The number of nitrogens with one attached hydrogen (secondary N) is 4. The van der Waals surface area contributed by atoms with Crippen LogP contribution in [0.4, 0.5) is 77.6 Å². The van der Waals surface area contributed by atoms with Gasteiger partial charge in [-0.2, -0.15) is 55.1 Å². The number of halogens is 8. The number of alkyl halides is 8. The normalized spacial score (nSPS) is 22.3. The molecule has 4 aliphatic heterocycles. The van der Waals surface area contributed by atoms with Gasteiger partial charge in [0.15, 0.2) is 24.4 Å². The second-order valence-corrected chi connectivity index (χ2v) is 24.7. The Labute approximate surface area is 665 Å². The van der Waals surface area contributed by atoms with Crippen LogP contribution in [0, 0.1) is 0 Å². The molecular formula is C67H82F8N12O32. The number of amides is 4. The lowest BCUT2D eigenvalue weighted by molar-refractivity contribution is -0.175. The number of unbranched alkanes of at least 4 members (excludes halogenated alkanes) is 1. The van der Waals surface area contributed by atoms with Crippen LogP contribution in [0.3, 0.4) is 0 Å². The summed E-state index contributed by atoms with van der Waals surface area (Å²) in [5.74, 6) is -23.3. The molecule has 4 saturated heterocycles. The van der Waals surface area contributed by atoms with Gasteiger partial charge in [-0.1, -0.05) is 20.3 Å². The number of aromatic nitrogens is 8. The summed E-state index contributed by atoms with van der Waals surface area (Å²) in [6, 6.07) is 4.35. The number of hydrogen-bond acceptors (Lipinski definition) is 36. The lowest BCUT2D eigenvalue weighted by Gasteiger charge is -2.23. The molecule has 4 fully saturated rings. The molecule has 52 heteroatoms. The predicted molar refractivity (Wildman–Crippen MR) is 375 cm³/mol. The third-order valence-corrected chi connectivity index (χ3v) is 15.3. The zero-order valence-corrected chi connectivity index (χ0v) is 65.0. The maximum absolute atomic E-state index is 14.9. The Hall–Kier alpha value is -12.4. The van der Waals surface area contributed by atoms with E-state index in [1.807, 2.05) is 6.92 Å². The van der Waals surface area contributed by atoms with Crippen LogP contribution in [0.5, 0.6) is 0 Å². The van der Waals surface area contributed by atoms with Crippen molar-refractivity contribution in [3.8, 4) is 0 Å². The van der Waals surface area contributed by atoms with Gasteiger partial charge in [0.25, 0.3) is 0 Å². The smallest absolute Gasteiger partial charge is 0.412 e. The van der Waals surface area contributed by atoms with Crippen LogP contribution in [0.25, 0.3) is 0 Å². The summed E-state index contributed by atoms with van der Waals surface area (Å²) in [5, 5.41) is 8.72. The van der Waals surface area contributed by atoms with E-state index in [-0.39, 0.29) is 49.7 Å². The van der Waals surface area contributed by atoms with Gasteiger partial charge in [0.05, 0.1) is 26.4 Å². The minimum Gasteiger partial charge on any atom is -0.463 e. The molecule has 4 N–H and O–H groups in total. The first-order valence-electron chi connectivity index (χ1n) is 35.2. The van der Waals surface area contributed by atoms with Crippen LogP contribution in [-0.4, -0.2) is 236 Å². The Morgan fingerprint density at radius 1 is 0.336 bits per heavy atom. The molecule has 119 heavy (non-hydrogen) atoms. The highest BCUT2D eigenvalue weighted by atomic mass is 19.3. The van der Waals surface area contributed by atoms with E-state index < -0.39 is 219 Å². The molecule has 0 radical (unpaired) electrons. The summed E-state index contributed by atoms with van der Waals surface area (Å²) in [6.07, 6.45) is -21.0. The monoisotopic (exact) mass is 1720 g/mol. The van der Waals surface area contributed by atoms with Crippen molar-refractivity contribution in [2.24, 2.45) is 0 Å². The van der Waals surface area contributed by atoms with Gasteiger partial charge >= 0.3 is 119 Å². The molecule has 8 heterocycles. The van der Waals surface area contributed by atoms with Gasteiger partial charge in [-0.15, -0.1) is 0 Å². The first-order valence-corrected chi connectivity index (χ1v) is 35.2. The van der Waals surface area contributed by atoms with Crippen molar-refractivity contribution >= 4 is 95.4 Å². The van der Waals surface area contributed by atoms with E-state index >= 15 is 0 Å². The van der Waals surface area contributed by atoms with Crippen LogP contribution >= 0.6 is 0 Å². The van der Waals surface area contributed by atoms with Gasteiger partial charge in [-0.3, -0.25) is 77.9 Å². The highest BCUT2D eigenvalue weighted by molar-refractivity contribution is 5.85. The maximum atomic E-state index is 14.9. The summed E-state index contributed by atoms with van der Waals surface area (Å²) in [4.78, 5) is 198. The summed E-state index contributed by atoms with van der Waals surface area (Å²) in [7, 11) is 0. The van der Waals surface area contributed by atoms with Crippen LogP contribution in [-0.2, 0) is 114 Å². The first-order chi connectivity index (χ1) is 55.7. The minimum absolute atomic E-state index is 0.0757. The Kier molecular flexibility index (Phi) is 35.7. The highest BCUT2D eigenvalue weighted by Crippen LogP contribution is 2.48. The molecule has 0 spiro atoms. The number of carbonyl (C=O) groups is 12. The minimum atomic E-state index is -3.85. The van der Waals surface area contributed by atoms with Crippen LogP contribution in [0.1, 0.15) is 127 Å². The van der Waals surface area contributed by atoms with Gasteiger partial charge in [-0.05, 0) is 51.0 Å². The topological polar surface area (TPSA) is 540 Å². The number of esters is 8. The summed E-state index contributed by atoms with van der Waals surface area (Å²) in [5.41, 5.74) is -4.66. The molecule has 12 atom stereocenters. The lowest BCUT2D eigenvalue weighted by Crippen LogP contribution is -2.44. The van der Waals surface area contributed by atoms with Crippen molar-refractivity contribution in [1.82, 2.24) is 38.2 Å². The summed E-state index contributed by atoms with van der Waals surface area (Å²) < 4.78 is 198. The average Bonchev–Trinajstić information content (AvgIpc) is 1.63. The number of carbonyl (C=O) groups excluding carboxylic acids is 12. The van der Waals surface area contributed by atoms with Gasteiger partial charge in [0.1, 0.15) is 74.1 Å². The van der Waals surface area contributed by atoms with E-state index in [1.165, 1.54) is 0 Å². The van der Waals surface area contributed by atoms with E-state index in [1.54, 1.807) is 20.8 Å². The van der Waals surface area contributed by atoms with Gasteiger partial charge < -0.3 is 75.8 Å². The summed E-state index contributed by atoms with van der Waals surface area (Å²) >= 11 is 0. The molecular weight excluding hydrogens is 1640 g/mol. The van der Waals surface area contributed by atoms with Gasteiger partial charge in [0, 0.05) is 80.2 Å². The van der Waals surface area contributed by atoms with Crippen molar-refractivity contribution in [2.75, 3.05) is 74.1 Å². The molecule has 658 valence electrons. The molecule has 0 aromatic carbocycles. The van der Waals surface area contributed by atoms with E-state index in [4.69, 9.17) is 33.2 Å². The van der Waals surface area contributed by atoms with E-state index in [0.29, 0.717) is 31.1 Å². The number of anilines is 4. The third kappa shape index (κ3) is 27.6. The number of hydrogen-bond donors (Lipinski definition) is 4. The van der Waals surface area contributed by atoms with Gasteiger partial charge in [0.2, 0.25) is 24.9 Å². The Balaban J connectivity index is 0.000000283. The fourth-order valence-corrected chi connectivity index (χ4v) is 10.5. The molecule has 4 aliphatic rings. The molecule has 0 saturated carbocycles. The van der Waals surface area contributed by atoms with E-state index in [0.717, 1.165) is 111 Å². The zero-order valence-electron chi connectivity index (χ0n) is 65.0. The molecule has 0 aliphatic carbocycles. The van der Waals surface area contributed by atoms with Crippen LogP contribution < -0.4 is 44.0 Å². The van der Waals surface area contributed by atoms with Crippen LogP contribution in [0.15, 0.2) is 68.2 Å². The molecule has 12 unspecified atom stereocenters. The number of ether oxygens (including phenoxy) is 16. The van der Waals surface area contributed by atoms with Crippen LogP contribution in [0.2, 0.25) is 0 Å². The zero-order chi connectivity index (χ0) is 89.2. The maximum Gasteiger partial charge on any atom is 0.412 e. The fraction of sp³-hybridized carbons (Fsp3) is 0.582. The van der Waals surface area contributed by atoms with E-state index in [2.05, 4.69) is 83.8 Å². The Morgan fingerprint density at radius 2 is 0.555 bits per heavy atom. The summed E-state index contributed by atoms with van der Waals surface area (Å²) in [6.45, 7) is 12.8. The SMILES string of the molecule is CCCCOC(=O)Nc1ccn(C2OC(COC(C)=O)C(OC(C)=O)C2(F)F)c(=O)n1.CCCOC(=O)Nc1ccn(C2OC(COC(C)=O)C(OC(C)=O)C2(F)F)c(=O)n1.CCOC(=O)Nc1ccn(C2OC(COC(C)=O)C(OC(C)=O)C2(F)F)c(=O)n1.CCOC(=O)Nc1ccn(C2OC(COC(C)=O)C(OC(C)=O)C2(F)F)c(=O)n1. The molecule has 4 aromatic heterocycles. The predicted octanol–water partition coefficient (Wildman–Crippen LogP) is 4.53. The molecule has 4 aromatic rings. The molecule has 8 rings (SSSR count). The second kappa shape index (κ2) is 43.7. The molecule has 0 bridgehead atoms. The second-order valence-electron chi connectivity index (χ2n) is 24.7. The van der Waals surface area contributed by atoms with Crippen molar-refractivity contribution < 1.29 is 168 Å². The Bertz CT molecular complexity index is 4400. The quantitative estimate of drug-likeness (QED) is 0.0276. The van der Waals surface area contributed by atoms with Crippen molar-refractivity contribution in [3.63, 3.8) is 0 Å². The lowest BCUT2D eigenvalue weighted by atomic mass is 10.1. The number of nitrogens with zero attached hydrogens (tertiary/aromatic N) is 8.